The summed E-state index contributed by atoms with van der Waals surface area (Å²) in [4.78, 5) is 12.3. The monoisotopic (exact) mass is 364 g/mol. The zero-order valence-corrected chi connectivity index (χ0v) is 15.0. The van der Waals surface area contributed by atoms with Gasteiger partial charge in [-0.3, -0.25) is 4.79 Å². The fraction of sp³-hybridized carbons (Fsp3) is 0.238. The van der Waals surface area contributed by atoms with Crippen molar-refractivity contribution in [1.82, 2.24) is 5.32 Å². The molecule has 2 aromatic rings. The lowest BCUT2D eigenvalue weighted by molar-refractivity contribution is -0.117. The summed E-state index contributed by atoms with van der Waals surface area (Å²) in [6.45, 7) is 0.629. The molecule has 1 aliphatic heterocycles. The van der Waals surface area contributed by atoms with Crippen molar-refractivity contribution in [3.8, 4) is 23.3 Å². The van der Waals surface area contributed by atoms with E-state index in [1.807, 2.05) is 36.4 Å². The molecule has 0 unspecified atom stereocenters. The van der Waals surface area contributed by atoms with Crippen molar-refractivity contribution < 1.29 is 19.0 Å². The van der Waals surface area contributed by atoms with Crippen LogP contribution in [0, 0.1) is 11.3 Å². The Labute approximate surface area is 158 Å². The second-order valence-corrected chi connectivity index (χ2v) is 5.96. The molecule has 138 valence electrons. The summed E-state index contributed by atoms with van der Waals surface area (Å²) in [6.07, 6.45) is 3.15. The van der Waals surface area contributed by atoms with Gasteiger partial charge in [-0.1, -0.05) is 30.3 Å². The van der Waals surface area contributed by atoms with Gasteiger partial charge in [0, 0.05) is 18.2 Å². The molecule has 1 aliphatic rings. The number of nitriles is 1. The van der Waals surface area contributed by atoms with Gasteiger partial charge in [-0.2, -0.15) is 5.26 Å². The summed E-state index contributed by atoms with van der Waals surface area (Å²) in [5, 5.41) is 12.2. The van der Waals surface area contributed by atoms with Crippen molar-refractivity contribution in [1.29, 1.82) is 5.26 Å². The molecule has 0 spiro atoms. The van der Waals surface area contributed by atoms with Crippen LogP contribution in [0.1, 0.15) is 17.5 Å². The molecule has 0 bridgehead atoms. The van der Waals surface area contributed by atoms with Gasteiger partial charge in [0.15, 0.2) is 11.5 Å². The van der Waals surface area contributed by atoms with Crippen molar-refractivity contribution in [3.63, 3.8) is 0 Å². The maximum absolute atomic E-state index is 12.3. The molecule has 0 atom stereocenters. The highest BCUT2D eigenvalue weighted by molar-refractivity contribution is 6.02. The zero-order valence-electron chi connectivity index (χ0n) is 15.0. The second-order valence-electron chi connectivity index (χ2n) is 5.96. The van der Waals surface area contributed by atoms with Crippen molar-refractivity contribution >= 4 is 12.0 Å². The normalized spacial score (nSPS) is 12.4. The van der Waals surface area contributed by atoms with E-state index < -0.39 is 5.91 Å². The third-order valence-electron chi connectivity index (χ3n) is 4.16. The lowest BCUT2D eigenvalue weighted by Crippen LogP contribution is -2.25. The Balaban J connectivity index is 1.64. The van der Waals surface area contributed by atoms with Crippen LogP contribution in [-0.4, -0.2) is 26.4 Å². The summed E-state index contributed by atoms with van der Waals surface area (Å²) in [5.41, 5.74) is 1.80. The van der Waals surface area contributed by atoms with Crippen LogP contribution in [0.4, 0.5) is 0 Å². The fourth-order valence-electron chi connectivity index (χ4n) is 2.77. The fourth-order valence-corrected chi connectivity index (χ4v) is 2.77. The van der Waals surface area contributed by atoms with E-state index in [0.29, 0.717) is 29.4 Å². The topological polar surface area (TPSA) is 80.6 Å². The summed E-state index contributed by atoms with van der Waals surface area (Å²) in [6, 6.07) is 15.4. The van der Waals surface area contributed by atoms with Crippen LogP contribution in [0.5, 0.6) is 17.2 Å². The average Bonchev–Trinajstić information content (AvgIpc) is 3.16. The number of aryl methyl sites for hydroxylation is 1. The number of ether oxygens (including phenoxy) is 3. The van der Waals surface area contributed by atoms with Gasteiger partial charge < -0.3 is 19.5 Å². The van der Waals surface area contributed by atoms with Crippen molar-refractivity contribution in [2.75, 3.05) is 20.4 Å². The molecule has 1 amide bonds. The van der Waals surface area contributed by atoms with E-state index in [1.165, 1.54) is 18.7 Å². The first-order chi connectivity index (χ1) is 13.2. The maximum Gasteiger partial charge on any atom is 0.261 e. The summed E-state index contributed by atoms with van der Waals surface area (Å²) >= 11 is 0. The van der Waals surface area contributed by atoms with E-state index in [-0.39, 0.29) is 12.4 Å². The van der Waals surface area contributed by atoms with Gasteiger partial charge in [0.2, 0.25) is 6.79 Å². The van der Waals surface area contributed by atoms with Crippen LogP contribution in [0.15, 0.2) is 48.0 Å². The van der Waals surface area contributed by atoms with Gasteiger partial charge in [0.25, 0.3) is 5.91 Å². The van der Waals surface area contributed by atoms with E-state index in [2.05, 4.69) is 5.32 Å². The third-order valence-corrected chi connectivity index (χ3v) is 4.16. The highest BCUT2D eigenvalue weighted by atomic mass is 16.7. The van der Waals surface area contributed by atoms with E-state index in [1.54, 1.807) is 12.1 Å². The molecular weight excluding hydrogens is 344 g/mol. The number of nitrogens with zero attached hydrogens (tertiary/aromatic N) is 1. The molecule has 3 rings (SSSR count). The van der Waals surface area contributed by atoms with Crippen molar-refractivity contribution in [2.45, 2.75) is 12.8 Å². The van der Waals surface area contributed by atoms with Gasteiger partial charge in [-0.15, -0.1) is 0 Å². The molecule has 0 saturated heterocycles. The van der Waals surface area contributed by atoms with E-state index in [9.17, 15) is 10.1 Å². The molecule has 0 saturated carbocycles. The Hall–Kier alpha value is -3.46. The molecular formula is C21H20N2O4. The maximum atomic E-state index is 12.3. The van der Waals surface area contributed by atoms with Crippen LogP contribution >= 0.6 is 0 Å². The minimum atomic E-state index is -0.412. The average molecular weight is 364 g/mol. The number of fused-ring (bicyclic) bond motifs is 1. The number of amides is 1. The van der Waals surface area contributed by atoms with Crippen LogP contribution in [0.2, 0.25) is 0 Å². The quantitative estimate of drug-likeness (QED) is 0.464. The van der Waals surface area contributed by atoms with Crippen LogP contribution in [0.3, 0.4) is 0 Å². The van der Waals surface area contributed by atoms with Gasteiger partial charge in [-0.05, 0) is 30.5 Å². The van der Waals surface area contributed by atoms with Gasteiger partial charge in [0.1, 0.15) is 17.4 Å². The number of carbonyl (C=O) groups is 1. The number of methoxy groups -OCH3 is 1. The molecule has 0 radical (unpaired) electrons. The smallest absolute Gasteiger partial charge is 0.261 e. The lowest BCUT2D eigenvalue weighted by Gasteiger charge is -2.08. The minimum absolute atomic E-state index is 0.00637. The summed E-state index contributed by atoms with van der Waals surface area (Å²) in [7, 11) is 1.52. The van der Waals surface area contributed by atoms with Crippen LogP contribution in [0.25, 0.3) is 6.08 Å². The van der Waals surface area contributed by atoms with Crippen molar-refractivity contribution in [3.05, 3.63) is 59.2 Å². The van der Waals surface area contributed by atoms with Crippen LogP contribution in [-0.2, 0) is 11.2 Å². The van der Waals surface area contributed by atoms with Gasteiger partial charge in [-0.25, -0.2) is 0 Å². The predicted octanol–water partition coefficient (Wildman–Crippen LogP) is 3.08. The van der Waals surface area contributed by atoms with E-state index in [0.717, 1.165) is 12.8 Å². The Bertz CT molecular complexity index is 885. The summed E-state index contributed by atoms with van der Waals surface area (Å²) in [5.74, 6) is 1.23. The zero-order chi connectivity index (χ0) is 19.1. The molecule has 0 aromatic heterocycles. The largest absolute Gasteiger partial charge is 0.496 e. The van der Waals surface area contributed by atoms with E-state index >= 15 is 0 Å². The van der Waals surface area contributed by atoms with Crippen LogP contribution < -0.4 is 19.5 Å². The minimum Gasteiger partial charge on any atom is -0.496 e. The summed E-state index contributed by atoms with van der Waals surface area (Å²) < 4.78 is 16.0. The third kappa shape index (κ3) is 4.59. The molecule has 2 aromatic carbocycles. The molecule has 6 nitrogen and oxygen atoms in total. The Morgan fingerprint density at radius 3 is 2.70 bits per heavy atom. The Morgan fingerprint density at radius 1 is 1.26 bits per heavy atom. The lowest BCUT2D eigenvalue weighted by atomic mass is 10.1. The number of hydrogen-bond acceptors (Lipinski definition) is 5. The van der Waals surface area contributed by atoms with Crippen molar-refractivity contribution in [2.24, 2.45) is 0 Å². The van der Waals surface area contributed by atoms with Gasteiger partial charge in [0.05, 0.1) is 7.11 Å². The molecule has 0 aliphatic carbocycles. The first-order valence-corrected chi connectivity index (χ1v) is 8.63. The SMILES string of the molecule is COc1cc2c(cc1/C=C(/C#N)C(=O)NCCCc1ccccc1)OCO2. The number of carbonyl (C=O) groups excluding carboxylic acids is 1. The molecule has 1 N–H and O–H groups in total. The molecule has 0 fully saturated rings. The molecule has 1 heterocycles. The van der Waals surface area contributed by atoms with Gasteiger partial charge >= 0.3 is 0 Å². The number of rotatable bonds is 7. The second kappa shape index (κ2) is 8.77. The Kier molecular flexibility index (Phi) is 5.95. The first-order valence-electron chi connectivity index (χ1n) is 8.63. The number of hydrogen-bond donors (Lipinski definition) is 1. The highest BCUT2D eigenvalue weighted by Crippen LogP contribution is 2.38. The molecule has 6 heteroatoms. The molecule has 27 heavy (non-hydrogen) atoms. The standard InChI is InChI=1S/C21H20N2O4/c1-25-18-12-20-19(26-14-27-20)11-16(18)10-17(13-22)21(24)23-9-5-8-15-6-3-2-4-7-15/h2-4,6-7,10-12H,5,8-9,14H2,1H3,(H,23,24)/b17-10-. The highest BCUT2D eigenvalue weighted by Gasteiger charge is 2.18. The first kappa shape index (κ1) is 18.3. The Morgan fingerprint density at radius 2 is 2.00 bits per heavy atom. The van der Waals surface area contributed by atoms with E-state index in [4.69, 9.17) is 14.2 Å². The predicted molar refractivity (Wildman–Crippen MR) is 100 cm³/mol. The number of benzene rings is 2. The number of nitrogens with one attached hydrogen (secondary N) is 1.